The summed E-state index contributed by atoms with van der Waals surface area (Å²) in [5.74, 6) is 0. The van der Waals surface area contributed by atoms with E-state index in [1.807, 2.05) is 19.9 Å². The number of rotatable bonds is 0. The van der Waals surface area contributed by atoms with Crippen LogP contribution in [0.1, 0.15) is 11.4 Å². The van der Waals surface area contributed by atoms with Gasteiger partial charge < -0.3 is 0 Å². The molecule has 0 aliphatic heterocycles. The molecule has 0 saturated carbocycles. The van der Waals surface area contributed by atoms with Crippen LogP contribution in [0.5, 0.6) is 0 Å². The van der Waals surface area contributed by atoms with Crippen LogP contribution in [0.15, 0.2) is 12.1 Å². The van der Waals surface area contributed by atoms with Crippen molar-refractivity contribution in [2.45, 2.75) is 13.8 Å². The summed E-state index contributed by atoms with van der Waals surface area (Å²) >= 11 is 1.51. The maximum Gasteiger partial charge on any atom is 0.104 e. The molecule has 3 heteroatoms. The summed E-state index contributed by atoms with van der Waals surface area (Å²) in [5.41, 5.74) is 3.14. The van der Waals surface area contributed by atoms with Gasteiger partial charge in [-0.05, 0) is 37.5 Å². The smallest absolute Gasteiger partial charge is 0.104 e. The number of hydrogen-bond donors (Lipinski definition) is 0. The standard InChI is InChI=1S/C8H8N2S/c1-5-3-4-7-8(9-5)6(2)10-11-7/h3-4H,1-2H3. The quantitative estimate of drug-likeness (QED) is 0.597. The predicted molar refractivity (Wildman–Crippen MR) is 46.9 cm³/mol. The first-order valence-corrected chi connectivity index (χ1v) is 4.24. The van der Waals surface area contributed by atoms with Gasteiger partial charge in [0, 0.05) is 5.69 Å². The van der Waals surface area contributed by atoms with Gasteiger partial charge in [-0.2, -0.15) is 4.37 Å². The lowest BCUT2D eigenvalue weighted by molar-refractivity contribution is 1.23. The van der Waals surface area contributed by atoms with Crippen LogP contribution < -0.4 is 0 Å². The van der Waals surface area contributed by atoms with Gasteiger partial charge >= 0.3 is 0 Å². The largest absolute Gasteiger partial charge is 0.250 e. The summed E-state index contributed by atoms with van der Waals surface area (Å²) < 4.78 is 5.39. The Balaban J connectivity index is 2.87. The molecule has 2 aromatic heterocycles. The molecule has 0 spiro atoms. The highest BCUT2D eigenvalue weighted by molar-refractivity contribution is 7.13. The zero-order valence-corrected chi connectivity index (χ0v) is 7.27. The maximum atomic E-state index is 4.38. The zero-order chi connectivity index (χ0) is 7.84. The van der Waals surface area contributed by atoms with E-state index in [1.165, 1.54) is 16.2 Å². The molecule has 2 nitrogen and oxygen atoms in total. The Hall–Kier alpha value is -0.960. The van der Waals surface area contributed by atoms with Gasteiger partial charge in [-0.1, -0.05) is 0 Å². The van der Waals surface area contributed by atoms with Crippen LogP contribution in [-0.4, -0.2) is 9.36 Å². The molecule has 0 N–H and O–H groups in total. The molecule has 56 valence electrons. The molecule has 0 aromatic carbocycles. The minimum atomic E-state index is 1.04. The van der Waals surface area contributed by atoms with E-state index in [1.54, 1.807) is 0 Å². The van der Waals surface area contributed by atoms with E-state index in [0.717, 1.165) is 16.9 Å². The molecule has 2 heterocycles. The van der Waals surface area contributed by atoms with Gasteiger partial charge in [0.05, 0.1) is 10.4 Å². The Morgan fingerprint density at radius 3 is 2.91 bits per heavy atom. The highest BCUT2D eigenvalue weighted by atomic mass is 32.1. The van der Waals surface area contributed by atoms with Crippen LogP contribution in [0.4, 0.5) is 0 Å². The number of aromatic nitrogens is 2. The molecule has 0 saturated heterocycles. The van der Waals surface area contributed by atoms with Crippen molar-refractivity contribution in [1.82, 2.24) is 9.36 Å². The van der Waals surface area contributed by atoms with Crippen molar-refractivity contribution in [2.24, 2.45) is 0 Å². The van der Waals surface area contributed by atoms with Crippen LogP contribution in [0, 0.1) is 13.8 Å². The lowest BCUT2D eigenvalue weighted by Gasteiger charge is -1.90. The third-order valence-corrected chi connectivity index (χ3v) is 2.51. The maximum absolute atomic E-state index is 4.38. The van der Waals surface area contributed by atoms with E-state index in [9.17, 15) is 0 Å². The van der Waals surface area contributed by atoms with Gasteiger partial charge in [-0.3, -0.25) is 4.98 Å². The van der Waals surface area contributed by atoms with Crippen molar-refractivity contribution in [3.8, 4) is 0 Å². The Labute approximate surface area is 69.1 Å². The SMILES string of the molecule is Cc1ccc2snc(C)c2n1. The van der Waals surface area contributed by atoms with Gasteiger partial charge in [-0.25, -0.2) is 0 Å². The fourth-order valence-electron chi connectivity index (χ4n) is 1.04. The second-order valence-electron chi connectivity index (χ2n) is 2.57. The predicted octanol–water partition coefficient (Wildman–Crippen LogP) is 2.31. The molecule has 11 heavy (non-hydrogen) atoms. The normalized spacial score (nSPS) is 10.7. The van der Waals surface area contributed by atoms with Gasteiger partial charge in [0.2, 0.25) is 0 Å². The van der Waals surface area contributed by atoms with Crippen molar-refractivity contribution in [2.75, 3.05) is 0 Å². The molecule has 0 bridgehead atoms. The van der Waals surface area contributed by atoms with E-state index in [-0.39, 0.29) is 0 Å². The van der Waals surface area contributed by atoms with Crippen molar-refractivity contribution in [3.05, 3.63) is 23.5 Å². The summed E-state index contributed by atoms with van der Waals surface area (Å²) in [6, 6.07) is 4.09. The molecule has 0 atom stereocenters. The van der Waals surface area contributed by atoms with Crippen molar-refractivity contribution in [1.29, 1.82) is 0 Å². The number of hydrogen-bond acceptors (Lipinski definition) is 3. The van der Waals surface area contributed by atoms with Gasteiger partial charge in [0.15, 0.2) is 0 Å². The van der Waals surface area contributed by atoms with Crippen LogP contribution in [-0.2, 0) is 0 Å². The van der Waals surface area contributed by atoms with Gasteiger partial charge in [0.1, 0.15) is 5.52 Å². The monoisotopic (exact) mass is 164 g/mol. The molecule has 0 unspecified atom stereocenters. The van der Waals surface area contributed by atoms with E-state index < -0.39 is 0 Å². The Morgan fingerprint density at radius 1 is 1.27 bits per heavy atom. The summed E-state index contributed by atoms with van der Waals surface area (Å²) in [6.45, 7) is 3.99. The fraction of sp³-hybridized carbons (Fsp3) is 0.250. The molecule has 0 radical (unpaired) electrons. The average Bonchev–Trinajstić information content (AvgIpc) is 2.33. The lowest BCUT2D eigenvalue weighted by atomic mass is 10.3. The minimum Gasteiger partial charge on any atom is -0.250 e. The van der Waals surface area contributed by atoms with E-state index in [0.29, 0.717) is 0 Å². The third-order valence-electron chi connectivity index (χ3n) is 1.62. The second kappa shape index (κ2) is 2.27. The van der Waals surface area contributed by atoms with Crippen LogP contribution in [0.25, 0.3) is 10.2 Å². The lowest BCUT2D eigenvalue weighted by Crippen LogP contribution is -1.80. The number of nitrogens with zero attached hydrogens (tertiary/aromatic N) is 2. The summed E-state index contributed by atoms with van der Waals surface area (Å²) in [7, 11) is 0. The van der Waals surface area contributed by atoms with E-state index in [2.05, 4.69) is 15.4 Å². The summed E-state index contributed by atoms with van der Waals surface area (Å²) in [4.78, 5) is 4.38. The molecule has 0 aliphatic carbocycles. The van der Waals surface area contributed by atoms with Crippen LogP contribution in [0.3, 0.4) is 0 Å². The number of fused-ring (bicyclic) bond motifs is 1. The first-order chi connectivity index (χ1) is 5.27. The minimum absolute atomic E-state index is 1.04. The third kappa shape index (κ3) is 1.01. The van der Waals surface area contributed by atoms with Gasteiger partial charge in [0.25, 0.3) is 0 Å². The van der Waals surface area contributed by atoms with Crippen LogP contribution in [0.2, 0.25) is 0 Å². The highest BCUT2D eigenvalue weighted by Crippen LogP contribution is 2.19. The first-order valence-electron chi connectivity index (χ1n) is 3.47. The van der Waals surface area contributed by atoms with Crippen molar-refractivity contribution >= 4 is 21.7 Å². The molecular formula is C8H8N2S. The fourth-order valence-corrected chi connectivity index (χ4v) is 1.77. The molecule has 2 aromatic rings. The van der Waals surface area contributed by atoms with E-state index >= 15 is 0 Å². The molecule has 0 aliphatic rings. The van der Waals surface area contributed by atoms with Crippen LogP contribution >= 0.6 is 11.5 Å². The summed E-state index contributed by atoms with van der Waals surface area (Å²) in [6.07, 6.45) is 0. The number of pyridine rings is 1. The molecule has 2 rings (SSSR count). The second-order valence-corrected chi connectivity index (χ2v) is 3.37. The molecule has 0 amide bonds. The van der Waals surface area contributed by atoms with E-state index in [4.69, 9.17) is 0 Å². The Morgan fingerprint density at radius 2 is 2.09 bits per heavy atom. The average molecular weight is 164 g/mol. The zero-order valence-electron chi connectivity index (χ0n) is 6.46. The first kappa shape index (κ1) is 6.73. The number of aryl methyl sites for hydroxylation is 2. The topological polar surface area (TPSA) is 25.8 Å². The summed E-state index contributed by atoms with van der Waals surface area (Å²) in [5, 5.41) is 0. The Kier molecular flexibility index (Phi) is 1.39. The molecule has 0 fully saturated rings. The van der Waals surface area contributed by atoms with Crippen molar-refractivity contribution in [3.63, 3.8) is 0 Å². The highest BCUT2D eigenvalue weighted by Gasteiger charge is 2.01. The van der Waals surface area contributed by atoms with Gasteiger partial charge in [-0.15, -0.1) is 0 Å². The Bertz CT molecular complexity index is 392. The van der Waals surface area contributed by atoms with Crippen molar-refractivity contribution < 1.29 is 0 Å². The molecular weight excluding hydrogens is 156 g/mol.